The molecule has 6 heteroatoms. The molecule has 0 spiro atoms. The monoisotopic (exact) mass is 196 g/mol. The van der Waals surface area contributed by atoms with Crippen molar-refractivity contribution in [3.8, 4) is 0 Å². The fourth-order valence-electron chi connectivity index (χ4n) is 1.18. The lowest BCUT2D eigenvalue weighted by molar-refractivity contribution is -0.126. The summed E-state index contributed by atoms with van der Waals surface area (Å²) in [4.78, 5) is 28.2. The summed E-state index contributed by atoms with van der Waals surface area (Å²) in [5.41, 5.74) is 10.9. The van der Waals surface area contributed by atoms with Crippen molar-refractivity contribution < 1.29 is 9.59 Å². The van der Waals surface area contributed by atoms with Crippen LogP contribution in [0.2, 0.25) is 0 Å². The highest BCUT2D eigenvalue weighted by Crippen LogP contribution is 2.09. The van der Waals surface area contributed by atoms with E-state index < -0.39 is 17.7 Å². The molecule has 0 radical (unpaired) electrons. The number of imidazole rings is 1. The molecule has 1 heterocycles. The van der Waals surface area contributed by atoms with Gasteiger partial charge in [-0.15, -0.1) is 0 Å². The number of primary amides is 2. The minimum atomic E-state index is -0.562. The van der Waals surface area contributed by atoms with Gasteiger partial charge in [-0.05, 0) is 0 Å². The maximum absolute atomic E-state index is 10.9. The SMILES string of the molecule is NC(=O)C[C@@H](Cc1cnc[nH]1)C(N)=O. The Kier molecular flexibility index (Phi) is 3.22. The lowest BCUT2D eigenvalue weighted by Gasteiger charge is -2.09. The minimum absolute atomic E-state index is 0.0334. The molecule has 1 rings (SSSR count). The third-order valence-corrected chi connectivity index (χ3v) is 1.87. The largest absolute Gasteiger partial charge is 0.370 e. The van der Waals surface area contributed by atoms with Crippen molar-refractivity contribution in [2.24, 2.45) is 17.4 Å². The van der Waals surface area contributed by atoms with Crippen LogP contribution in [0.5, 0.6) is 0 Å². The molecule has 0 saturated heterocycles. The van der Waals surface area contributed by atoms with Crippen LogP contribution < -0.4 is 11.5 Å². The van der Waals surface area contributed by atoms with Crippen molar-refractivity contribution >= 4 is 11.8 Å². The van der Waals surface area contributed by atoms with E-state index in [0.29, 0.717) is 6.42 Å². The topological polar surface area (TPSA) is 115 Å². The van der Waals surface area contributed by atoms with Crippen LogP contribution >= 0.6 is 0 Å². The van der Waals surface area contributed by atoms with Gasteiger partial charge in [-0.25, -0.2) is 4.98 Å². The van der Waals surface area contributed by atoms with E-state index in [-0.39, 0.29) is 6.42 Å². The zero-order valence-electron chi connectivity index (χ0n) is 7.56. The van der Waals surface area contributed by atoms with Gasteiger partial charge in [0.05, 0.1) is 12.2 Å². The fourth-order valence-corrected chi connectivity index (χ4v) is 1.18. The lowest BCUT2D eigenvalue weighted by atomic mass is 9.99. The summed E-state index contributed by atoms with van der Waals surface area (Å²) in [7, 11) is 0. The Hall–Kier alpha value is -1.85. The molecule has 5 N–H and O–H groups in total. The van der Waals surface area contributed by atoms with Crippen LogP contribution in [-0.2, 0) is 16.0 Å². The molecule has 14 heavy (non-hydrogen) atoms. The predicted molar refractivity (Wildman–Crippen MR) is 48.8 cm³/mol. The molecule has 0 aliphatic rings. The molecule has 0 aliphatic heterocycles. The van der Waals surface area contributed by atoms with Crippen molar-refractivity contribution in [1.82, 2.24) is 9.97 Å². The Labute approximate surface area is 80.7 Å². The summed E-state index contributed by atoms with van der Waals surface area (Å²) in [6, 6.07) is 0. The molecule has 0 saturated carbocycles. The van der Waals surface area contributed by atoms with E-state index in [4.69, 9.17) is 11.5 Å². The second kappa shape index (κ2) is 4.40. The van der Waals surface area contributed by atoms with E-state index in [2.05, 4.69) is 9.97 Å². The lowest BCUT2D eigenvalue weighted by Crippen LogP contribution is -2.29. The van der Waals surface area contributed by atoms with E-state index in [1.165, 1.54) is 6.33 Å². The van der Waals surface area contributed by atoms with E-state index in [0.717, 1.165) is 5.69 Å². The van der Waals surface area contributed by atoms with Gasteiger partial charge >= 0.3 is 0 Å². The van der Waals surface area contributed by atoms with Gasteiger partial charge in [-0.3, -0.25) is 9.59 Å². The van der Waals surface area contributed by atoms with Crippen molar-refractivity contribution in [1.29, 1.82) is 0 Å². The number of hydrogen-bond donors (Lipinski definition) is 3. The number of rotatable bonds is 5. The standard InChI is InChI=1S/C8H12N4O2/c9-7(13)2-5(8(10)14)1-6-3-11-4-12-6/h3-5H,1-2H2,(H2,9,13)(H2,10,14)(H,11,12)/t5-/m1/s1. The van der Waals surface area contributed by atoms with Crippen molar-refractivity contribution in [3.63, 3.8) is 0 Å². The molecule has 0 fully saturated rings. The highest BCUT2D eigenvalue weighted by molar-refractivity contribution is 5.84. The fraction of sp³-hybridized carbons (Fsp3) is 0.375. The number of nitrogens with two attached hydrogens (primary N) is 2. The average molecular weight is 196 g/mol. The van der Waals surface area contributed by atoms with Crippen LogP contribution in [0.25, 0.3) is 0 Å². The predicted octanol–water partition coefficient (Wildman–Crippen LogP) is -1.07. The molecule has 1 atom stereocenters. The molecule has 0 unspecified atom stereocenters. The number of H-pyrrole nitrogens is 1. The maximum atomic E-state index is 10.9. The molecule has 1 aromatic heterocycles. The Bertz CT molecular complexity index is 320. The van der Waals surface area contributed by atoms with E-state index in [9.17, 15) is 9.59 Å². The van der Waals surface area contributed by atoms with E-state index in [1.807, 2.05) is 0 Å². The van der Waals surface area contributed by atoms with Crippen molar-refractivity contribution in [2.45, 2.75) is 12.8 Å². The summed E-state index contributed by atoms with van der Waals surface area (Å²) in [5, 5.41) is 0. The van der Waals surface area contributed by atoms with E-state index in [1.54, 1.807) is 6.20 Å². The zero-order valence-corrected chi connectivity index (χ0v) is 7.56. The minimum Gasteiger partial charge on any atom is -0.370 e. The normalized spacial score (nSPS) is 12.3. The highest BCUT2D eigenvalue weighted by atomic mass is 16.2. The molecular formula is C8H12N4O2. The molecule has 0 aliphatic carbocycles. The molecule has 0 bridgehead atoms. The van der Waals surface area contributed by atoms with Gasteiger partial charge in [0.1, 0.15) is 0 Å². The van der Waals surface area contributed by atoms with Crippen LogP contribution in [-0.4, -0.2) is 21.8 Å². The van der Waals surface area contributed by atoms with Gasteiger partial charge < -0.3 is 16.5 Å². The first kappa shape index (κ1) is 10.2. The number of amides is 2. The maximum Gasteiger partial charge on any atom is 0.221 e. The molecule has 6 nitrogen and oxygen atoms in total. The summed E-state index contributed by atoms with van der Waals surface area (Å²) in [6.45, 7) is 0. The second-order valence-electron chi connectivity index (χ2n) is 3.05. The van der Waals surface area contributed by atoms with Crippen molar-refractivity contribution in [2.75, 3.05) is 0 Å². The highest BCUT2D eigenvalue weighted by Gasteiger charge is 2.18. The summed E-state index contributed by atoms with van der Waals surface area (Å²) in [6.07, 6.45) is 3.40. The van der Waals surface area contributed by atoms with E-state index >= 15 is 0 Å². The number of carbonyl (C=O) groups is 2. The number of hydrogen-bond acceptors (Lipinski definition) is 3. The molecule has 76 valence electrons. The Balaban J connectivity index is 2.60. The quantitative estimate of drug-likeness (QED) is 0.556. The zero-order chi connectivity index (χ0) is 10.6. The first-order valence-electron chi connectivity index (χ1n) is 4.14. The number of carbonyl (C=O) groups excluding carboxylic acids is 2. The number of nitrogens with one attached hydrogen (secondary N) is 1. The van der Waals surface area contributed by atoms with Gasteiger partial charge in [-0.1, -0.05) is 0 Å². The summed E-state index contributed by atoms with van der Waals surface area (Å²) >= 11 is 0. The van der Waals surface area contributed by atoms with Crippen LogP contribution in [0.1, 0.15) is 12.1 Å². The summed E-state index contributed by atoms with van der Waals surface area (Å²) < 4.78 is 0. The molecule has 0 aromatic carbocycles. The second-order valence-corrected chi connectivity index (χ2v) is 3.05. The first-order chi connectivity index (χ1) is 6.59. The average Bonchev–Trinajstić information content (AvgIpc) is 2.54. The number of nitrogens with zero attached hydrogens (tertiary/aromatic N) is 1. The van der Waals surface area contributed by atoms with Crippen LogP contribution in [0.4, 0.5) is 0 Å². The van der Waals surface area contributed by atoms with Gasteiger partial charge in [0.15, 0.2) is 0 Å². The van der Waals surface area contributed by atoms with Gasteiger partial charge in [-0.2, -0.15) is 0 Å². The van der Waals surface area contributed by atoms with Crippen LogP contribution in [0.3, 0.4) is 0 Å². The Morgan fingerprint density at radius 2 is 2.21 bits per heavy atom. The third kappa shape index (κ3) is 2.89. The number of aromatic nitrogens is 2. The Morgan fingerprint density at radius 3 is 2.64 bits per heavy atom. The smallest absolute Gasteiger partial charge is 0.221 e. The number of aromatic amines is 1. The van der Waals surface area contributed by atoms with Crippen LogP contribution in [0, 0.1) is 5.92 Å². The Morgan fingerprint density at radius 1 is 1.50 bits per heavy atom. The van der Waals surface area contributed by atoms with Gasteiger partial charge in [0.2, 0.25) is 11.8 Å². The molecular weight excluding hydrogens is 184 g/mol. The third-order valence-electron chi connectivity index (χ3n) is 1.87. The summed E-state index contributed by atoms with van der Waals surface area (Å²) in [5.74, 6) is -1.63. The van der Waals surface area contributed by atoms with Crippen molar-refractivity contribution in [3.05, 3.63) is 18.2 Å². The van der Waals surface area contributed by atoms with Gasteiger partial charge in [0.25, 0.3) is 0 Å². The molecule has 2 amide bonds. The van der Waals surface area contributed by atoms with Crippen LogP contribution in [0.15, 0.2) is 12.5 Å². The van der Waals surface area contributed by atoms with Gasteiger partial charge in [0, 0.05) is 24.7 Å². The first-order valence-corrected chi connectivity index (χ1v) is 4.14. The molecule has 1 aromatic rings.